The highest BCUT2D eigenvalue weighted by molar-refractivity contribution is 5.75. The summed E-state index contributed by atoms with van der Waals surface area (Å²) < 4.78 is 10.2. The summed E-state index contributed by atoms with van der Waals surface area (Å²) in [7, 11) is 0. The number of carbonyl (C=O) groups is 1. The number of carbonyl (C=O) groups excluding carboxylic acids is 1. The fourth-order valence-electron chi connectivity index (χ4n) is 1.65. The molecule has 0 aromatic heterocycles. The predicted molar refractivity (Wildman–Crippen MR) is 61.4 cm³/mol. The molecule has 1 fully saturated rings. The van der Waals surface area contributed by atoms with Gasteiger partial charge in [-0.05, 0) is 27.2 Å². The topological polar surface area (TPSA) is 79.3 Å². The molecule has 0 saturated carbocycles. The van der Waals surface area contributed by atoms with Crippen LogP contribution in [-0.4, -0.2) is 46.2 Å². The lowest BCUT2D eigenvalue weighted by Crippen LogP contribution is -2.42. The molecule has 17 heavy (non-hydrogen) atoms. The van der Waals surface area contributed by atoms with Crippen molar-refractivity contribution in [2.75, 3.05) is 0 Å². The number of aliphatic hydroxyl groups excluding tert-OH is 2. The Kier molecular flexibility index (Phi) is 4.52. The molecule has 1 heterocycles. The van der Waals surface area contributed by atoms with Crippen LogP contribution in [0.25, 0.3) is 0 Å². The summed E-state index contributed by atoms with van der Waals surface area (Å²) in [5.74, 6) is -0.809. The minimum absolute atomic E-state index is 0.0490. The van der Waals surface area contributed by atoms with Gasteiger partial charge in [-0.1, -0.05) is 13.3 Å². The number of epoxide rings is 1. The zero-order chi connectivity index (χ0) is 13.2. The summed E-state index contributed by atoms with van der Waals surface area (Å²) in [6.07, 6.45) is -1.48. The van der Waals surface area contributed by atoms with Crippen LogP contribution in [0, 0.1) is 0 Å². The van der Waals surface area contributed by atoms with Gasteiger partial charge in [-0.15, -0.1) is 0 Å². The zero-order valence-corrected chi connectivity index (χ0v) is 10.8. The van der Waals surface area contributed by atoms with E-state index in [1.165, 1.54) is 0 Å². The first-order valence-electron chi connectivity index (χ1n) is 6.00. The molecule has 0 aliphatic carbocycles. The second kappa shape index (κ2) is 5.33. The molecule has 1 rings (SSSR count). The third kappa shape index (κ3) is 4.26. The van der Waals surface area contributed by atoms with Gasteiger partial charge in [-0.25, -0.2) is 4.79 Å². The normalized spacial score (nSPS) is 27.4. The SMILES string of the molecule is CCC[C@@H]1O[C@H]1[C@H](O)[C@@H](O)C(=O)OC(C)(C)C. The van der Waals surface area contributed by atoms with Crippen LogP contribution in [0.15, 0.2) is 0 Å². The molecule has 0 aromatic rings. The molecule has 1 aliphatic rings. The van der Waals surface area contributed by atoms with Gasteiger partial charge in [-0.2, -0.15) is 0 Å². The van der Waals surface area contributed by atoms with E-state index in [1.807, 2.05) is 6.92 Å². The van der Waals surface area contributed by atoms with Gasteiger partial charge in [0, 0.05) is 0 Å². The second-order valence-corrected chi connectivity index (χ2v) is 5.40. The van der Waals surface area contributed by atoms with Gasteiger partial charge in [0.25, 0.3) is 0 Å². The quantitative estimate of drug-likeness (QED) is 0.549. The van der Waals surface area contributed by atoms with E-state index in [1.54, 1.807) is 20.8 Å². The molecule has 1 saturated heterocycles. The molecule has 0 spiro atoms. The molecule has 2 N–H and O–H groups in total. The van der Waals surface area contributed by atoms with E-state index >= 15 is 0 Å². The first-order valence-corrected chi connectivity index (χ1v) is 6.00. The van der Waals surface area contributed by atoms with E-state index in [-0.39, 0.29) is 6.10 Å². The predicted octanol–water partition coefficient (Wildman–Crippen LogP) is 0.617. The van der Waals surface area contributed by atoms with Crippen molar-refractivity contribution in [3.8, 4) is 0 Å². The van der Waals surface area contributed by atoms with Gasteiger partial charge in [0.2, 0.25) is 0 Å². The van der Waals surface area contributed by atoms with Crippen LogP contribution < -0.4 is 0 Å². The Balaban J connectivity index is 2.42. The maximum atomic E-state index is 11.5. The summed E-state index contributed by atoms with van der Waals surface area (Å²) in [6, 6.07) is 0. The van der Waals surface area contributed by atoms with Gasteiger partial charge in [0.05, 0.1) is 6.10 Å². The van der Waals surface area contributed by atoms with Gasteiger partial charge in [0.15, 0.2) is 6.10 Å². The molecular weight excluding hydrogens is 224 g/mol. The van der Waals surface area contributed by atoms with Crippen molar-refractivity contribution in [3.05, 3.63) is 0 Å². The first-order chi connectivity index (χ1) is 7.76. The van der Waals surface area contributed by atoms with Gasteiger partial charge in [-0.3, -0.25) is 0 Å². The van der Waals surface area contributed by atoms with Gasteiger partial charge >= 0.3 is 5.97 Å². The minimum Gasteiger partial charge on any atom is -0.458 e. The van der Waals surface area contributed by atoms with E-state index in [2.05, 4.69) is 0 Å². The molecule has 0 unspecified atom stereocenters. The molecule has 5 nitrogen and oxygen atoms in total. The third-order valence-corrected chi connectivity index (χ3v) is 2.50. The van der Waals surface area contributed by atoms with E-state index in [9.17, 15) is 15.0 Å². The highest BCUT2D eigenvalue weighted by atomic mass is 16.6. The number of hydrogen-bond acceptors (Lipinski definition) is 5. The van der Waals surface area contributed by atoms with Gasteiger partial charge in [0.1, 0.15) is 17.8 Å². The number of esters is 1. The lowest BCUT2D eigenvalue weighted by Gasteiger charge is -2.23. The highest BCUT2D eigenvalue weighted by Crippen LogP contribution is 2.31. The van der Waals surface area contributed by atoms with Crippen LogP contribution in [0.4, 0.5) is 0 Å². The summed E-state index contributed by atoms with van der Waals surface area (Å²) in [4.78, 5) is 11.5. The monoisotopic (exact) mass is 246 g/mol. The zero-order valence-electron chi connectivity index (χ0n) is 10.8. The Labute approximate surface area is 102 Å². The minimum atomic E-state index is -1.54. The van der Waals surface area contributed by atoms with Crippen molar-refractivity contribution in [2.24, 2.45) is 0 Å². The molecule has 0 radical (unpaired) electrons. The maximum absolute atomic E-state index is 11.5. The largest absolute Gasteiger partial charge is 0.458 e. The molecule has 0 amide bonds. The van der Waals surface area contributed by atoms with Crippen molar-refractivity contribution in [1.29, 1.82) is 0 Å². The smallest absolute Gasteiger partial charge is 0.338 e. The van der Waals surface area contributed by atoms with Crippen LogP contribution in [0.1, 0.15) is 40.5 Å². The van der Waals surface area contributed by atoms with Crippen LogP contribution in [0.5, 0.6) is 0 Å². The van der Waals surface area contributed by atoms with Crippen LogP contribution in [-0.2, 0) is 14.3 Å². The standard InChI is InChI=1S/C12H22O5/c1-5-6-7-10(16-7)8(13)9(14)11(15)17-12(2,3)4/h7-10,13-14H,5-6H2,1-4H3/t7-,8+,9+,10+/m0/s1. The highest BCUT2D eigenvalue weighted by Gasteiger charge is 2.48. The molecule has 100 valence electrons. The average molecular weight is 246 g/mol. The van der Waals surface area contributed by atoms with E-state index < -0.39 is 29.9 Å². The number of ether oxygens (including phenoxy) is 2. The van der Waals surface area contributed by atoms with Crippen molar-refractivity contribution in [2.45, 2.75) is 70.6 Å². The summed E-state index contributed by atoms with van der Waals surface area (Å²) in [5.41, 5.74) is -0.676. The average Bonchev–Trinajstić information content (AvgIpc) is 2.93. The van der Waals surface area contributed by atoms with Crippen molar-refractivity contribution in [1.82, 2.24) is 0 Å². The Hall–Kier alpha value is -0.650. The van der Waals surface area contributed by atoms with Crippen LogP contribution in [0.3, 0.4) is 0 Å². The fourth-order valence-corrected chi connectivity index (χ4v) is 1.65. The summed E-state index contributed by atoms with van der Waals surface area (Å²) in [5, 5.41) is 19.4. The fraction of sp³-hybridized carbons (Fsp3) is 0.917. The lowest BCUT2D eigenvalue weighted by atomic mass is 10.1. The Morgan fingerprint density at radius 1 is 1.41 bits per heavy atom. The molecule has 1 aliphatic heterocycles. The molecule has 0 aromatic carbocycles. The number of aliphatic hydroxyl groups is 2. The van der Waals surface area contributed by atoms with Crippen molar-refractivity contribution >= 4 is 5.97 Å². The molecule has 0 bridgehead atoms. The van der Waals surface area contributed by atoms with E-state index in [0.29, 0.717) is 0 Å². The van der Waals surface area contributed by atoms with Crippen molar-refractivity contribution in [3.63, 3.8) is 0 Å². The molecule has 5 heteroatoms. The van der Waals surface area contributed by atoms with Crippen LogP contribution in [0.2, 0.25) is 0 Å². The lowest BCUT2D eigenvalue weighted by molar-refractivity contribution is -0.171. The molecular formula is C12H22O5. The van der Waals surface area contributed by atoms with Gasteiger partial charge < -0.3 is 19.7 Å². The number of hydrogen-bond donors (Lipinski definition) is 2. The second-order valence-electron chi connectivity index (χ2n) is 5.40. The van der Waals surface area contributed by atoms with E-state index in [0.717, 1.165) is 12.8 Å². The first kappa shape index (κ1) is 14.4. The van der Waals surface area contributed by atoms with Crippen molar-refractivity contribution < 1.29 is 24.5 Å². The summed E-state index contributed by atoms with van der Waals surface area (Å²) in [6.45, 7) is 7.13. The van der Waals surface area contributed by atoms with E-state index in [4.69, 9.17) is 9.47 Å². The Morgan fingerprint density at radius 2 is 2.00 bits per heavy atom. The Morgan fingerprint density at radius 3 is 2.47 bits per heavy atom. The van der Waals surface area contributed by atoms with Crippen LogP contribution >= 0.6 is 0 Å². The molecule has 4 atom stereocenters. The summed E-state index contributed by atoms with van der Waals surface area (Å²) >= 11 is 0. The maximum Gasteiger partial charge on any atom is 0.338 e. The third-order valence-electron chi connectivity index (χ3n) is 2.50. The number of rotatable bonds is 5. The Bertz CT molecular complexity index is 271.